The quantitative estimate of drug-likeness (QED) is 0.767. The van der Waals surface area contributed by atoms with Crippen molar-refractivity contribution in [3.05, 3.63) is 71.8 Å². The Morgan fingerprint density at radius 2 is 1.62 bits per heavy atom. The Labute approximate surface area is 172 Å². The number of thioether (sulfide) groups is 1. The van der Waals surface area contributed by atoms with Crippen LogP contribution in [0, 0.1) is 0 Å². The molecule has 0 saturated carbocycles. The van der Waals surface area contributed by atoms with Gasteiger partial charge in [0, 0.05) is 25.4 Å². The van der Waals surface area contributed by atoms with E-state index in [-0.39, 0.29) is 11.8 Å². The molecule has 0 unspecified atom stereocenters. The van der Waals surface area contributed by atoms with Crippen LogP contribution in [-0.2, 0) is 16.1 Å². The Morgan fingerprint density at radius 3 is 2.21 bits per heavy atom. The molecule has 1 saturated heterocycles. The fraction of sp³-hybridized carbons (Fsp3) is 0.250. The Morgan fingerprint density at radius 1 is 1.03 bits per heavy atom. The average Bonchev–Trinajstić information content (AvgIpc) is 2.93. The van der Waals surface area contributed by atoms with Gasteiger partial charge >= 0.3 is 6.03 Å². The van der Waals surface area contributed by atoms with Gasteiger partial charge in [-0.15, -0.1) is 0 Å². The van der Waals surface area contributed by atoms with Gasteiger partial charge in [-0.1, -0.05) is 72.4 Å². The number of fused-ring (bicyclic) bond motifs is 1. The number of carbonyl (C=O) groups is 2. The molecule has 2 atom stereocenters. The molecule has 8 nitrogen and oxygen atoms in total. The van der Waals surface area contributed by atoms with Crippen LogP contribution in [-0.4, -0.2) is 46.8 Å². The van der Waals surface area contributed by atoms with Crippen molar-refractivity contribution in [3.63, 3.8) is 0 Å². The molecule has 0 bridgehead atoms. The number of nitrogens with one attached hydrogen (secondary N) is 2. The van der Waals surface area contributed by atoms with Gasteiger partial charge in [-0.2, -0.15) is 0 Å². The SMILES string of the molecule is CN1C(=O)N(C)[C@@]2(c3ccccc3)NNC(SCC(=O)[O-])=N[C@]12c1ccccc1. The molecule has 9 heteroatoms. The van der Waals surface area contributed by atoms with Crippen LogP contribution < -0.4 is 16.0 Å². The van der Waals surface area contributed by atoms with Crippen LogP contribution in [0.4, 0.5) is 4.79 Å². The first-order chi connectivity index (χ1) is 13.9. The van der Waals surface area contributed by atoms with Crippen molar-refractivity contribution in [2.45, 2.75) is 11.3 Å². The minimum atomic E-state index is -1.19. The van der Waals surface area contributed by atoms with Crippen molar-refractivity contribution in [1.29, 1.82) is 0 Å². The second-order valence-corrected chi connectivity index (χ2v) is 7.81. The summed E-state index contributed by atoms with van der Waals surface area (Å²) in [7, 11) is 3.42. The minimum absolute atomic E-state index is 0.220. The predicted molar refractivity (Wildman–Crippen MR) is 108 cm³/mol. The van der Waals surface area contributed by atoms with Crippen LogP contribution in [0.5, 0.6) is 0 Å². The summed E-state index contributed by atoms with van der Waals surface area (Å²) in [5.74, 6) is -1.45. The van der Waals surface area contributed by atoms with Gasteiger partial charge in [0.15, 0.2) is 10.8 Å². The predicted octanol–water partition coefficient (Wildman–Crippen LogP) is 0.637. The van der Waals surface area contributed by atoms with E-state index in [2.05, 4.69) is 10.9 Å². The summed E-state index contributed by atoms with van der Waals surface area (Å²) >= 11 is 1.00. The summed E-state index contributed by atoms with van der Waals surface area (Å²) in [5.41, 5.74) is 5.69. The number of hydrogen-bond acceptors (Lipinski definition) is 7. The number of carboxylic acids is 1. The van der Waals surface area contributed by atoms with E-state index < -0.39 is 17.3 Å². The lowest BCUT2D eigenvalue weighted by Crippen LogP contribution is -2.70. The van der Waals surface area contributed by atoms with Crippen molar-refractivity contribution >= 4 is 28.9 Å². The molecule has 0 spiro atoms. The first-order valence-corrected chi connectivity index (χ1v) is 10.0. The fourth-order valence-electron chi connectivity index (χ4n) is 4.11. The maximum Gasteiger partial charge on any atom is 0.323 e. The maximum atomic E-state index is 13.2. The van der Waals surface area contributed by atoms with Gasteiger partial charge in [0.05, 0.1) is 5.97 Å². The number of rotatable bonds is 4. The molecule has 4 rings (SSSR count). The Bertz CT molecular complexity index is 971. The van der Waals surface area contributed by atoms with Crippen LogP contribution in [0.1, 0.15) is 11.1 Å². The number of urea groups is 1. The monoisotopic (exact) mass is 410 g/mol. The second kappa shape index (κ2) is 7.09. The van der Waals surface area contributed by atoms with Gasteiger partial charge < -0.3 is 9.90 Å². The number of benzene rings is 2. The Kier molecular flexibility index (Phi) is 4.71. The topological polar surface area (TPSA) is 100 Å². The van der Waals surface area contributed by atoms with E-state index in [1.54, 1.807) is 23.9 Å². The first kappa shape index (κ1) is 19.3. The Hall–Kier alpha value is -3.04. The zero-order chi connectivity index (χ0) is 20.6. The molecule has 2 aliphatic rings. The molecular weight excluding hydrogens is 390 g/mol. The van der Waals surface area contributed by atoms with Gasteiger partial charge in [0.25, 0.3) is 0 Å². The average molecular weight is 410 g/mol. The van der Waals surface area contributed by atoms with Crippen molar-refractivity contribution in [3.8, 4) is 0 Å². The molecule has 29 heavy (non-hydrogen) atoms. The molecule has 2 amide bonds. The lowest BCUT2D eigenvalue weighted by molar-refractivity contribution is -0.301. The van der Waals surface area contributed by atoms with Crippen LogP contribution in [0.3, 0.4) is 0 Å². The summed E-state index contributed by atoms with van der Waals surface area (Å²) in [6, 6.07) is 18.9. The van der Waals surface area contributed by atoms with Crippen LogP contribution in [0.25, 0.3) is 0 Å². The highest BCUT2D eigenvalue weighted by molar-refractivity contribution is 8.14. The van der Waals surface area contributed by atoms with Crippen LogP contribution in [0.15, 0.2) is 65.7 Å². The highest BCUT2D eigenvalue weighted by Crippen LogP contribution is 2.53. The molecule has 2 heterocycles. The zero-order valence-electron chi connectivity index (χ0n) is 16.0. The third-order valence-corrected chi connectivity index (χ3v) is 6.22. The summed E-state index contributed by atoms with van der Waals surface area (Å²) < 4.78 is 0. The highest BCUT2D eigenvalue weighted by Gasteiger charge is 2.69. The number of aliphatic carboxylic acids is 1. The molecule has 2 aromatic rings. The Balaban J connectivity index is 1.99. The molecule has 2 N–H and O–H groups in total. The van der Waals surface area contributed by atoms with E-state index >= 15 is 0 Å². The number of carbonyl (C=O) groups excluding carboxylic acids is 2. The number of hydrogen-bond donors (Lipinski definition) is 2. The molecule has 0 aliphatic carbocycles. The zero-order valence-corrected chi connectivity index (χ0v) is 16.8. The molecule has 0 aromatic heterocycles. The van der Waals surface area contributed by atoms with Crippen molar-refractivity contribution < 1.29 is 14.7 Å². The van der Waals surface area contributed by atoms with Crippen LogP contribution >= 0.6 is 11.8 Å². The summed E-state index contributed by atoms with van der Waals surface area (Å²) in [4.78, 5) is 32.3. The lowest BCUT2D eigenvalue weighted by Gasteiger charge is -2.50. The molecule has 1 fully saturated rings. The van der Waals surface area contributed by atoms with Crippen LogP contribution in [0.2, 0.25) is 0 Å². The van der Waals surface area contributed by atoms with E-state index in [1.807, 2.05) is 60.7 Å². The summed E-state index contributed by atoms with van der Waals surface area (Å²) in [5, 5.41) is 11.3. The van der Waals surface area contributed by atoms with Gasteiger partial charge in [-0.3, -0.25) is 15.2 Å². The number of amides is 2. The number of hydrazine groups is 1. The number of carboxylic acid groups (broad SMARTS) is 1. The fourth-order valence-corrected chi connectivity index (χ4v) is 4.68. The number of likely N-dealkylation sites (N-methyl/N-ethyl adjacent to an activating group) is 2. The molecule has 2 aromatic carbocycles. The third-order valence-electron chi connectivity index (χ3n) is 5.38. The first-order valence-electron chi connectivity index (χ1n) is 9.02. The molecule has 150 valence electrons. The highest BCUT2D eigenvalue weighted by atomic mass is 32.2. The summed E-state index contributed by atoms with van der Waals surface area (Å²) in [6.45, 7) is 0. The second-order valence-electron chi connectivity index (χ2n) is 6.84. The van der Waals surface area contributed by atoms with Crippen molar-refractivity contribution in [2.75, 3.05) is 19.8 Å². The molecular formula is C20H20N5O3S-. The lowest BCUT2D eigenvalue weighted by atomic mass is 9.80. The van der Waals surface area contributed by atoms with Gasteiger partial charge in [0.2, 0.25) is 5.66 Å². The van der Waals surface area contributed by atoms with E-state index in [0.29, 0.717) is 5.17 Å². The van der Waals surface area contributed by atoms with Gasteiger partial charge in [-0.05, 0) is 5.56 Å². The van der Waals surface area contributed by atoms with Crippen molar-refractivity contribution in [2.24, 2.45) is 4.99 Å². The third kappa shape index (κ3) is 2.69. The van der Waals surface area contributed by atoms with E-state index in [0.717, 1.165) is 22.9 Å². The molecule has 2 aliphatic heterocycles. The largest absolute Gasteiger partial charge is 0.549 e. The smallest absolute Gasteiger partial charge is 0.323 e. The number of amidine groups is 1. The number of nitrogens with zero attached hydrogens (tertiary/aromatic N) is 3. The van der Waals surface area contributed by atoms with E-state index in [9.17, 15) is 14.7 Å². The van der Waals surface area contributed by atoms with Gasteiger partial charge in [0.1, 0.15) is 0 Å². The standard InChI is InChI=1S/C20H21N5O3S/c1-24-18(28)25(2)20(15-11-7-4-8-12-15)19(24,14-9-5-3-6-10-14)21-17(22-23-20)29-13-16(26)27/h3-12,23H,13H2,1-2H3,(H,21,22)(H,26,27)/p-1/t19-,20-/m1/s1. The normalized spacial score (nSPS) is 26.0. The van der Waals surface area contributed by atoms with Gasteiger partial charge in [-0.25, -0.2) is 15.2 Å². The maximum absolute atomic E-state index is 13.2. The number of aliphatic imine (C=N–C) groups is 1. The molecule has 0 radical (unpaired) electrons. The minimum Gasteiger partial charge on any atom is -0.549 e. The van der Waals surface area contributed by atoms with E-state index in [1.165, 1.54) is 0 Å². The summed E-state index contributed by atoms with van der Waals surface area (Å²) in [6.07, 6.45) is 0. The van der Waals surface area contributed by atoms with E-state index in [4.69, 9.17) is 4.99 Å². The van der Waals surface area contributed by atoms with Crippen molar-refractivity contribution in [1.82, 2.24) is 20.7 Å².